The smallest absolute Gasteiger partial charge is 0.234 e. The minimum absolute atomic E-state index is 0.151. The number of aromatic nitrogens is 1. The van der Waals surface area contributed by atoms with Gasteiger partial charge in [0.25, 0.3) is 0 Å². The Kier molecular flexibility index (Phi) is 3.52. The van der Waals surface area contributed by atoms with E-state index in [1.54, 1.807) is 16.4 Å². The fourth-order valence-electron chi connectivity index (χ4n) is 1.75. The lowest BCUT2D eigenvalue weighted by Crippen LogP contribution is -2.35. The van der Waals surface area contributed by atoms with Crippen LogP contribution in [-0.2, 0) is 22.7 Å². The second-order valence-corrected chi connectivity index (χ2v) is 5.10. The maximum Gasteiger partial charge on any atom is 0.234 e. The summed E-state index contributed by atoms with van der Waals surface area (Å²) in [4.78, 5) is 22.0. The van der Waals surface area contributed by atoms with E-state index in [1.165, 1.54) is 4.88 Å². The summed E-state index contributed by atoms with van der Waals surface area (Å²) >= 11 is 1.73. The lowest BCUT2D eigenvalue weighted by atomic mass is 10.2. The molecule has 0 saturated heterocycles. The maximum atomic E-state index is 10.8. The van der Waals surface area contributed by atoms with Crippen molar-refractivity contribution in [1.29, 1.82) is 0 Å². The van der Waals surface area contributed by atoms with E-state index in [1.807, 2.05) is 6.92 Å². The first-order chi connectivity index (χ1) is 7.65. The molecule has 2 heterocycles. The number of aryl methyl sites for hydroxylation is 2. The quantitative estimate of drug-likeness (QED) is 0.824. The summed E-state index contributed by atoms with van der Waals surface area (Å²) in [6.45, 7) is 3.32. The van der Waals surface area contributed by atoms with Gasteiger partial charge in [0, 0.05) is 11.4 Å². The topological polar surface area (TPSA) is 68.5 Å². The number of fused-ring (bicyclic) bond motifs is 1. The highest BCUT2D eigenvalue weighted by Gasteiger charge is 2.17. The fraction of sp³-hybridized carbons (Fsp3) is 0.600. The highest BCUT2D eigenvalue weighted by molar-refractivity contribution is 7.11. The van der Waals surface area contributed by atoms with E-state index in [-0.39, 0.29) is 12.5 Å². The molecule has 0 radical (unpaired) electrons. The molecule has 0 bridgehead atoms. The van der Waals surface area contributed by atoms with Gasteiger partial charge in [-0.1, -0.05) is 0 Å². The third-order valence-electron chi connectivity index (χ3n) is 2.41. The third kappa shape index (κ3) is 2.78. The van der Waals surface area contributed by atoms with E-state index < -0.39 is 0 Å². The van der Waals surface area contributed by atoms with Crippen molar-refractivity contribution in [2.75, 3.05) is 13.1 Å². The molecule has 0 aliphatic carbocycles. The Bertz CT molecular complexity index is 391. The minimum Gasteiger partial charge on any atom is -0.368 e. The summed E-state index contributed by atoms with van der Waals surface area (Å²) < 4.78 is 0. The molecule has 5 nitrogen and oxygen atoms in total. The van der Waals surface area contributed by atoms with Gasteiger partial charge in [-0.3, -0.25) is 9.63 Å². The Morgan fingerprint density at radius 1 is 1.69 bits per heavy atom. The van der Waals surface area contributed by atoms with E-state index >= 15 is 0 Å². The molecule has 2 N–H and O–H groups in total. The second kappa shape index (κ2) is 4.90. The molecule has 0 fully saturated rings. The van der Waals surface area contributed by atoms with Crippen LogP contribution in [0.3, 0.4) is 0 Å². The van der Waals surface area contributed by atoms with Gasteiger partial charge in [-0.15, -0.1) is 11.3 Å². The van der Waals surface area contributed by atoms with E-state index in [0.717, 1.165) is 30.1 Å². The lowest BCUT2D eigenvalue weighted by molar-refractivity contribution is -0.176. The van der Waals surface area contributed by atoms with Gasteiger partial charge in [0.05, 0.1) is 10.7 Å². The summed E-state index contributed by atoms with van der Waals surface area (Å²) in [6.07, 6.45) is 1.96. The SMILES string of the molecule is Cc1nc2c(s1)CCCN(CC(N)=O)OC2. The number of thiazole rings is 1. The van der Waals surface area contributed by atoms with Crippen molar-refractivity contribution in [2.45, 2.75) is 26.4 Å². The molecule has 6 heteroatoms. The molecule has 0 spiro atoms. The second-order valence-electron chi connectivity index (χ2n) is 3.81. The van der Waals surface area contributed by atoms with Crippen LogP contribution in [-0.4, -0.2) is 29.0 Å². The number of nitrogens with two attached hydrogens (primary N) is 1. The van der Waals surface area contributed by atoms with Crippen LogP contribution < -0.4 is 5.73 Å². The molecular weight excluding hydrogens is 226 g/mol. The van der Waals surface area contributed by atoms with Gasteiger partial charge in [-0.05, 0) is 19.8 Å². The average Bonchev–Trinajstić information content (AvgIpc) is 2.51. The molecule has 0 saturated carbocycles. The van der Waals surface area contributed by atoms with Crippen LogP contribution in [0.1, 0.15) is 22.0 Å². The monoisotopic (exact) mass is 241 g/mol. The molecule has 1 aliphatic heterocycles. The van der Waals surface area contributed by atoms with E-state index in [0.29, 0.717) is 6.61 Å². The number of rotatable bonds is 2. The molecule has 1 aromatic rings. The molecule has 0 atom stereocenters. The van der Waals surface area contributed by atoms with E-state index in [2.05, 4.69) is 4.98 Å². The minimum atomic E-state index is -0.366. The van der Waals surface area contributed by atoms with Crippen LogP contribution in [0.4, 0.5) is 0 Å². The number of amides is 1. The zero-order chi connectivity index (χ0) is 11.5. The normalized spacial score (nSPS) is 17.6. The summed E-state index contributed by atoms with van der Waals surface area (Å²) in [7, 11) is 0. The third-order valence-corrected chi connectivity index (χ3v) is 3.49. The fourth-order valence-corrected chi connectivity index (χ4v) is 2.73. The molecule has 1 amide bonds. The maximum absolute atomic E-state index is 10.8. The van der Waals surface area contributed by atoms with Crippen LogP contribution in [0.25, 0.3) is 0 Å². The van der Waals surface area contributed by atoms with Crippen molar-refractivity contribution >= 4 is 17.2 Å². The Morgan fingerprint density at radius 2 is 2.50 bits per heavy atom. The predicted octanol–water partition coefficient (Wildman–Crippen LogP) is 0.617. The molecule has 88 valence electrons. The van der Waals surface area contributed by atoms with Gasteiger partial charge in [-0.2, -0.15) is 5.06 Å². The molecule has 16 heavy (non-hydrogen) atoms. The van der Waals surface area contributed by atoms with Gasteiger partial charge in [0.15, 0.2) is 0 Å². The van der Waals surface area contributed by atoms with Crippen molar-refractivity contribution in [3.05, 3.63) is 15.6 Å². The summed E-state index contributed by atoms with van der Waals surface area (Å²) in [5, 5.41) is 2.69. The zero-order valence-corrected chi connectivity index (χ0v) is 10.0. The summed E-state index contributed by atoms with van der Waals surface area (Å²) in [5.41, 5.74) is 6.13. The number of hydrogen-bond donors (Lipinski definition) is 1. The van der Waals surface area contributed by atoms with Gasteiger partial charge in [0.1, 0.15) is 13.2 Å². The first kappa shape index (κ1) is 11.5. The summed E-state index contributed by atoms with van der Waals surface area (Å²) in [5.74, 6) is -0.366. The van der Waals surface area contributed by atoms with Crippen molar-refractivity contribution in [3.8, 4) is 0 Å². The first-order valence-electron chi connectivity index (χ1n) is 5.26. The van der Waals surface area contributed by atoms with Crippen LogP contribution in [0.15, 0.2) is 0 Å². The molecule has 1 aromatic heterocycles. The highest BCUT2D eigenvalue weighted by atomic mass is 32.1. The number of carbonyl (C=O) groups excluding carboxylic acids is 1. The molecular formula is C10H15N3O2S. The Balaban J connectivity index is 2.03. The van der Waals surface area contributed by atoms with Crippen molar-refractivity contribution in [2.24, 2.45) is 5.73 Å². The van der Waals surface area contributed by atoms with Crippen molar-refractivity contribution in [1.82, 2.24) is 10.0 Å². The van der Waals surface area contributed by atoms with Gasteiger partial charge in [0.2, 0.25) is 5.91 Å². The Hall–Kier alpha value is -0.980. The van der Waals surface area contributed by atoms with Gasteiger partial charge >= 0.3 is 0 Å². The molecule has 0 aromatic carbocycles. The van der Waals surface area contributed by atoms with Crippen molar-refractivity contribution < 1.29 is 9.63 Å². The Morgan fingerprint density at radius 3 is 3.25 bits per heavy atom. The van der Waals surface area contributed by atoms with Crippen LogP contribution in [0.2, 0.25) is 0 Å². The number of primary amides is 1. The molecule has 2 rings (SSSR count). The molecule has 1 aliphatic rings. The van der Waals surface area contributed by atoms with E-state index in [4.69, 9.17) is 10.6 Å². The highest BCUT2D eigenvalue weighted by Crippen LogP contribution is 2.22. The largest absolute Gasteiger partial charge is 0.368 e. The number of hydroxylamine groups is 2. The number of nitrogens with zero attached hydrogens (tertiary/aromatic N) is 2. The standard InChI is InChI=1S/C10H15N3O2S/c1-7-12-8-6-15-13(5-10(11)14)4-2-3-9(8)16-7/h2-6H2,1H3,(H2,11,14). The van der Waals surface area contributed by atoms with Crippen LogP contribution in [0.5, 0.6) is 0 Å². The van der Waals surface area contributed by atoms with Crippen LogP contribution in [0, 0.1) is 6.92 Å². The number of hydrogen-bond acceptors (Lipinski definition) is 5. The summed E-state index contributed by atoms with van der Waals surface area (Å²) in [6, 6.07) is 0. The first-order valence-corrected chi connectivity index (χ1v) is 6.08. The average molecular weight is 241 g/mol. The Labute approximate surface area is 98.2 Å². The molecule has 0 unspecified atom stereocenters. The van der Waals surface area contributed by atoms with E-state index in [9.17, 15) is 4.79 Å². The predicted molar refractivity (Wildman–Crippen MR) is 60.7 cm³/mol. The lowest BCUT2D eigenvalue weighted by Gasteiger charge is -2.22. The number of carbonyl (C=O) groups is 1. The van der Waals surface area contributed by atoms with Gasteiger partial charge in [-0.25, -0.2) is 4.98 Å². The van der Waals surface area contributed by atoms with Crippen molar-refractivity contribution in [3.63, 3.8) is 0 Å². The van der Waals surface area contributed by atoms with Gasteiger partial charge < -0.3 is 5.73 Å². The van der Waals surface area contributed by atoms with Crippen LogP contribution >= 0.6 is 11.3 Å². The zero-order valence-electron chi connectivity index (χ0n) is 9.23.